The Hall–Kier alpha value is -2.08. The average molecular weight is 281 g/mol. The van der Waals surface area contributed by atoms with E-state index in [4.69, 9.17) is 14.6 Å². The highest BCUT2D eigenvalue weighted by atomic mass is 16.5. The molecule has 2 N–H and O–H groups in total. The lowest BCUT2D eigenvalue weighted by Crippen LogP contribution is -2.55. The summed E-state index contributed by atoms with van der Waals surface area (Å²) in [6.45, 7) is 3.22. The summed E-state index contributed by atoms with van der Waals surface area (Å²) >= 11 is 0. The largest absolute Gasteiger partial charge is 0.480 e. The normalized spacial score (nSPS) is 12.6. The molecule has 1 aromatic rings. The molecule has 6 heteroatoms. The number of carbonyl (C=O) groups excluding carboxylic acids is 1. The van der Waals surface area contributed by atoms with Gasteiger partial charge in [0.1, 0.15) is 6.61 Å². The SMILES string of the molecule is COC(C)(C)[C@H](NC(=O)OCc1ccccc1)C(=O)O. The highest BCUT2D eigenvalue weighted by Gasteiger charge is 2.37. The molecule has 0 aliphatic rings. The monoisotopic (exact) mass is 281 g/mol. The fraction of sp³-hybridized carbons (Fsp3) is 0.429. The molecule has 0 saturated heterocycles. The van der Waals surface area contributed by atoms with E-state index >= 15 is 0 Å². The maximum atomic E-state index is 11.6. The van der Waals surface area contributed by atoms with Gasteiger partial charge in [0, 0.05) is 7.11 Å². The second-order valence-corrected chi connectivity index (χ2v) is 4.78. The first-order valence-electron chi connectivity index (χ1n) is 6.12. The lowest BCUT2D eigenvalue weighted by atomic mass is 9.99. The van der Waals surface area contributed by atoms with Crippen LogP contribution in [0.5, 0.6) is 0 Å². The van der Waals surface area contributed by atoms with Crippen LogP contribution in [0, 0.1) is 0 Å². The van der Waals surface area contributed by atoms with Crippen molar-refractivity contribution in [3.05, 3.63) is 35.9 Å². The van der Waals surface area contributed by atoms with E-state index in [-0.39, 0.29) is 6.61 Å². The summed E-state index contributed by atoms with van der Waals surface area (Å²) in [5, 5.41) is 11.4. The molecular formula is C14H19NO5. The fourth-order valence-corrected chi connectivity index (χ4v) is 1.53. The van der Waals surface area contributed by atoms with Crippen LogP contribution in [0.1, 0.15) is 19.4 Å². The number of alkyl carbamates (subject to hydrolysis) is 1. The van der Waals surface area contributed by atoms with E-state index in [2.05, 4.69) is 5.32 Å². The molecule has 0 fully saturated rings. The van der Waals surface area contributed by atoms with E-state index < -0.39 is 23.7 Å². The van der Waals surface area contributed by atoms with Crippen molar-refractivity contribution in [2.24, 2.45) is 0 Å². The van der Waals surface area contributed by atoms with Gasteiger partial charge in [-0.25, -0.2) is 9.59 Å². The molecule has 1 atom stereocenters. The Morgan fingerprint density at radius 3 is 2.40 bits per heavy atom. The van der Waals surface area contributed by atoms with Crippen LogP contribution in [-0.4, -0.2) is 35.9 Å². The third kappa shape index (κ3) is 4.55. The van der Waals surface area contributed by atoms with E-state index in [1.165, 1.54) is 7.11 Å². The Kier molecular flexibility index (Phi) is 5.52. The first-order chi connectivity index (χ1) is 9.36. The van der Waals surface area contributed by atoms with Gasteiger partial charge in [0.05, 0.1) is 5.60 Å². The summed E-state index contributed by atoms with van der Waals surface area (Å²) in [7, 11) is 1.38. The van der Waals surface area contributed by atoms with Gasteiger partial charge in [-0.05, 0) is 19.4 Å². The predicted molar refractivity (Wildman–Crippen MR) is 72.3 cm³/mol. The van der Waals surface area contributed by atoms with Crippen molar-refractivity contribution < 1.29 is 24.2 Å². The number of carbonyl (C=O) groups is 2. The number of amides is 1. The molecule has 1 rings (SSSR count). The number of hydrogen-bond acceptors (Lipinski definition) is 4. The third-order valence-electron chi connectivity index (χ3n) is 2.94. The number of rotatable bonds is 6. The van der Waals surface area contributed by atoms with Crippen molar-refractivity contribution in [3.8, 4) is 0 Å². The molecule has 0 heterocycles. The first-order valence-corrected chi connectivity index (χ1v) is 6.12. The number of carboxylic acid groups (broad SMARTS) is 1. The Morgan fingerprint density at radius 1 is 1.30 bits per heavy atom. The molecule has 0 spiro atoms. The molecule has 0 aliphatic heterocycles. The summed E-state index contributed by atoms with van der Waals surface area (Å²) in [6.07, 6.45) is -0.800. The summed E-state index contributed by atoms with van der Waals surface area (Å²) < 4.78 is 10.1. The third-order valence-corrected chi connectivity index (χ3v) is 2.94. The van der Waals surface area contributed by atoms with Crippen LogP contribution < -0.4 is 5.32 Å². The van der Waals surface area contributed by atoms with Crippen molar-refractivity contribution >= 4 is 12.1 Å². The average Bonchev–Trinajstić information content (AvgIpc) is 2.43. The molecular weight excluding hydrogens is 262 g/mol. The lowest BCUT2D eigenvalue weighted by Gasteiger charge is -2.30. The van der Waals surface area contributed by atoms with Crippen molar-refractivity contribution in [3.63, 3.8) is 0 Å². The van der Waals surface area contributed by atoms with Gasteiger partial charge in [-0.1, -0.05) is 30.3 Å². The highest BCUT2D eigenvalue weighted by Crippen LogP contribution is 2.14. The van der Waals surface area contributed by atoms with E-state index in [0.29, 0.717) is 0 Å². The Balaban J connectivity index is 2.57. The van der Waals surface area contributed by atoms with Gasteiger partial charge in [-0.15, -0.1) is 0 Å². The predicted octanol–water partition coefficient (Wildman–Crippen LogP) is 1.79. The van der Waals surface area contributed by atoms with Crippen LogP contribution in [0.15, 0.2) is 30.3 Å². The summed E-state index contributed by atoms with van der Waals surface area (Å²) in [4.78, 5) is 22.8. The highest BCUT2D eigenvalue weighted by molar-refractivity contribution is 5.81. The molecule has 6 nitrogen and oxygen atoms in total. The van der Waals surface area contributed by atoms with Gasteiger partial charge in [-0.2, -0.15) is 0 Å². The van der Waals surface area contributed by atoms with Gasteiger partial charge in [0.15, 0.2) is 6.04 Å². The zero-order chi connectivity index (χ0) is 15.2. The van der Waals surface area contributed by atoms with Gasteiger partial charge in [0.25, 0.3) is 0 Å². The Bertz CT molecular complexity index is 458. The Labute approximate surface area is 117 Å². The minimum Gasteiger partial charge on any atom is -0.480 e. The van der Waals surface area contributed by atoms with E-state index in [0.717, 1.165) is 5.56 Å². The summed E-state index contributed by atoms with van der Waals surface area (Å²) in [5.41, 5.74) is -0.224. The van der Waals surface area contributed by atoms with Crippen LogP contribution >= 0.6 is 0 Å². The first kappa shape index (κ1) is 16.0. The standard InChI is InChI=1S/C14H19NO5/c1-14(2,19-3)11(12(16)17)15-13(18)20-9-10-7-5-4-6-8-10/h4-8,11H,9H2,1-3H3,(H,15,18)(H,16,17)/t11-/m1/s1. The molecule has 1 amide bonds. The number of hydrogen-bond donors (Lipinski definition) is 2. The zero-order valence-corrected chi connectivity index (χ0v) is 11.8. The topological polar surface area (TPSA) is 84.9 Å². The van der Waals surface area contributed by atoms with Gasteiger partial charge < -0.3 is 19.9 Å². The quantitative estimate of drug-likeness (QED) is 0.830. The molecule has 0 unspecified atom stereocenters. The van der Waals surface area contributed by atoms with Crippen LogP contribution in [0.25, 0.3) is 0 Å². The molecule has 0 radical (unpaired) electrons. The second-order valence-electron chi connectivity index (χ2n) is 4.78. The Morgan fingerprint density at radius 2 is 1.90 bits per heavy atom. The maximum absolute atomic E-state index is 11.6. The minimum absolute atomic E-state index is 0.0758. The number of aliphatic carboxylic acids is 1. The smallest absolute Gasteiger partial charge is 0.408 e. The molecule has 1 aromatic carbocycles. The van der Waals surface area contributed by atoms with Crippen LogP contribution in [0.3, 0.4) is 0 Å². The molecule has 0 saturated carbocycles. The maximum Gasteiger partial charge on any atom is 0.408 e. The van der Waals surface area contributed by atoms with Crippen molar-refractivity contribution in [1.29, 1.82) is 0 Å². The molecule has 20 heavy (non-hydrogen) atoms. The zero-order valence-electron chi connectivity index (χ0n) is 11.8. The van der Waals surface area contributed by atoms with Crippen LogP contribution in [-0.2, 0) is 20.9 Å². The van der Waals surface area contributed by atoms with Gasteiger partial charge in [0.2, 0.25) is 0 Å². The van der Waals surface area contributed by atoms with E-state index in [1.807, 2.05) is 18.2 Å². The van der Waals surface area contributed by atoms with E-state index in [9.17, 15) is 9.59 Å². The molecule has 110 valence electrons. The molecule has 0 bridgehead atoms. The number of benzene rings is 1. The molecule has 0 aromatic heterocycles. The number of ether oxygens (including phenoxy) is 2. The van der Waals surface area contributed by atoms with Crippen molar-refractivity contribution in [2.45, 2.75) is 32.1 Å². The molecule has 0 aliphatic carbocycles. The van der Waals surface area contributed by atoms with E-state index in [1.54, 1.807) is 26.0 Å². The summed E-state index contributed by atoms with van der Waals surface area (Å²) in [5.74, 6) is -1.19. The number of carboxylic acids is 1. The van der Waals surface area contributed by atoms with Crippen molar-refractivity contribution in [1.82, 2.24) is 5.32 Å². The summed E-state index contributed by atoms with van der Waals surface area (Å²) in [6, 6.07) is 7.92. The van der Waals surface area contributed by atoms with Crippen molar-refractivity contribution in [2.75, 3.05) is 7.11 Å². The second kappa shape index (κ2) is 6.91. The lowest BCUT2D eigenvalue weighted by molar-refractivity contribution is -0.147. The van der Waals surface area contributed by atoms with Gasteiger partial charge in [-0.3, -0.25) is 0 Å². The fourth-order valence-electron chi connectivity index (χ4n) is 1.53. The van der Waals surface area contributed by atoms with Gasteiger partial charge >= 0.3 is 12.1 Å². The minimum atomic E-state index is -1.20. The van der Waals surface area contributed by atoms with Crippen LogP contribution in [0.4, 0.5) is 4.79 Å². The number of nitrogens with one attached hydrogen (secondary N) is 1. The van der Waals surface area contributed by atoms with Crippen LogP contribution in [0.2, 0.25) is 0 Å². The number of methoxy groups -OCH3 is 1.